The monoisotopic (exact) mass is 257 g/mol. The highest BCUT2D eigenvalue weighted by Gasteiger charge is 2.24. The molecule has 2 atom stereocenters. The van der Waals surface area contributed by atoms with Crippen molar-refractivity contribution in [3.05, 3.63) is 48.0 Å². The molecule has 2 unspecified atom stereocenters. The molecule has 3 heteroatoms. The number of ether oxygens (including phenoxy) is 1. The SMILES string of the molecule is OC1CCNC1OCCc1cccc2ccccc12. The molecule has 2 aromatic carbocycles. The van der Waals surface area contributed by atoms with Crippen LogP contribution in [-0.4, -0.2) is 30.6 Å². The first-order valence-electron chi connectivity index (χ1n) is 6.84. The third-order valence-corrected chi connectivity index (χ3v) is 3.68. The molecule has 3 nitrogen and oxygen atoms in total. The fourth-order valence-electron chi connectivity index (χ4n) is 2.64. The Balaban J connectivity index is 1.65. The smallest absolute Gasteiger partial charge is 0.134 e. The fraction of sp³-hybridized carbons (Fsp3) is 0.375. The van der Waals surface area contributed by atoms with Gasteiger partial charge in [0.1, 0.15) is 6.23 Å². The molecule has 1 heterocycles. The molecule has 100 valence electrons. The van der Waals surface area contributed by atoms with Crippen LogP contribution in [0.1, 0.15) is 12.0 Å². The van der Waals surface area contributed by atoms with E-state index in [-0.39, 0.29) is 12.3 Å². The van der Waals surface area contributed by atoms with Crippen molar-refractivity contribution in [2.45, 2.75) is 25.2 Å². The Morgan fingerprint density at radius 2 is 2.00 bits per heavy atom. The van der Waals surface area contributed by atoms with E-state index in [9.17, 15) is 5.11 Å². The highest BCUT2D eigenvalue weighted by Crippen LogP contribution is 2.19. The lowest BCUT2D eigenvalue weighted by molar-refractivity contribution is -0.0286. The first-order chi connectivity index (χ1) is 9.34. The molecule has 2 N–H and O–H groups in total. The summed E-state index contributed by atoms with van der Waals surface area (Å²) in [4.78, 5) is 0. The molecule has 0 aliphatic carbocycles. The summed E-state index contributed by atoms with van der Waals surface area (Å²) in [6.45, 7) is 1.46. The van der Waals surface area contributed by atoms with Gasteiger partial charge in [-0.05, 0) is 29.2 Å². The number of benzene rings is 2. The Kier molecular flexibility index (Phi) is 3.78. The lowest BCUT2D eigenvalue weighted by atomic mass is 10.0. The fourth-order valence-corrected chi connectivity index (χ4v) is 2.64. The molecular formula is C16H19NO2. The topological polar surface area (TPSA) is 41.5 Å². The van der Waals surface area contributed by atoms with E-state index in [2.05, 4.69) is 47.8 Å². The van der Waals surface area contributed by atoms with E-state index in [1.807, 2.05) is 0 Å². The summed E-state index contributed by atoms with van der Waals surface area (Å²) in [5, 5.41) is 15.4. The molecule has 3 rings (SSSR count). The van der Waals surface area contributed by atoms with Crippen LogP contribution in [0.3, 0.4) is 0 Å². The third-order valence-electron chi connectivity index (χ3n) is 3.68. The van der Waals surface area contributed by atoms with Crippen LogP contribution >= 0.6 is 0 Å². The molecule has 1 saturated heterocycles. The minimum atomic E-state index is -0.368. The van der Waals surface area contributed by atoms with E-state index in [1.54, 1.807) is 0 Å². The zero-order valence-corrected chi connectivity index (χ0v) is 10.9. The van der Waals surface area contributed by atoms with E-state index in [1.165, 1.54) is 16.3 Å². The van der Waals surface area contributed by atoms with Crippen LogP contribution in [0.5, 0.6) is 0 Å². The zero-order valence-electron chi connectivity index (χ0n) is 10.9. The number of aliphatic hydroxyl groups is 1. The highest BCUT2D eigenvalue weighted by molar-refractivity contribution is 5.85. The molecule has 2 aromatic rings. The molecule has 1 fully saturated rings. The average molecular weight is 257 g/mol. The van der Waals surface area contributed by atoms with Crippen LogP contribution in [0.2, 0.25) is 0 Å². The van der Waals surface area contributed by atoms with Crippen molar-refractivity contribution in [3.8, 4) is 0 Å². The Bertz CT molecular complexity index is 550. The minimum Gasteiger partial charge on any atom is -0.389 e. The molecule has 0 aromatic heterocycles. The van der Waals surface area contributed by atoms with Crippen molar-refractivity contribution in [3.63, 3.8) is 0 Å². The van der Waals surface area contributed by atoms with Gasteiger partial charge in [0.2, 0.25) is 0 Å². The second kappa shape index (κ2) is 5.70. The predicted molar refractivity (Wildman–Crippen MR) is 76.0 cm³/mol. The van der Waals surface area contributed by atoms with Gasteiger partial charge in [-0.25, -0.2) is 0 Å². The number of rotatable bonds is 4. The molecule has 0 amide bonds. The number of hydrogen-bond donors (Lipinski definition) is 2. The maximum absolute atomic E-state index is 9.67. The van der Waals surface area contributed by atoms with Gasteiger partial charge in [0, 0.05) is 6.54 Å². The van der Waals surface area contributed by atoms with Gasteiger partial charge in [-0.1, -0.05) is 42.5 Å². The number of hydrogen-bond acceptors (Lipinski definition) is 3. The number of nitrogens with one attached hydrogen (secondary N) is 1. The summed E-state index contributed by atoms with van der Waals surface area (Å²) < 4.78 is 5.71. The van der Waals surface area contributed by atoms with Gasteiger partial charge < -0.3 is 9.84 Å². The van der Waals surface area contributed by atoms with Crippen molar-refractivity contribution in [2.75, 3.05) is 13.2 Å². The van der Waals surface area contributed by atoms with Crippen molar-refractivity contribution >= 4 is 10.8 Å². The van der Waals surface area contributed by atoms with E-state index in [0.717, 1.165) is 19.4 Å². The first kappa shape index (κ1) is 12.6. The van der Waals surface area contributed by atoms with E-state index in [4.69, 9.17) is 4.74 Å². The largest absolute Gasteiger partial charge is 0.389 e. The van der Waals surface area contributed by atoms with Gasteiger partial charge in [-0.2, -0.15) is 0 Å². The maximum atomic E-state index is 9.67. The maximum Gasteiger partial charge on any atom is 0.134 e. The Hall–Kier alpha value is -1.42. The van der Waals surface area contributed by atoms with Crippen LogP contribution in [0.25, 0.3) is 10.8 Å². The molecule has 1 aliphatic rings. The predicted octanol–water partition coefficient (Wildman–Crippen LogP) is 2.08. The molecule has 0 radical (unpaired) electrons. The average Bonchev–Trinajstić information content (AvgIpc) is 2.85. The van der Waals surface area contributed by atoms with Crippen LogP contribution in [-0.2, 0) is 11.2 Å². The molecule has 19 heavy (non-hydrogen) atoms. The quantitative estimate of drug-likeness (QED) is 0.881. The standard InChI is InChI=1S/C16H19NO2/c18-15-8-10-17-16(15)19-11-9-13-6-3-5-12-4-1-2-7-14(12)13/h1-7,15-18H,8-11H2. The van der Waals surface area contributed by atoms with Gasteiger partial charge in [0.05, 0.1) is 12.7 Å². The van der Waals surface area contributed by atoms with Crippen molar-refractivity contribution in [2.24, 2.45) is 0 Å². The highest BCUT2D eigenvalue weighted by atomic mass is 16.5. The lowest BCUT2D eigenvalue weighted by Crippen LogP contribution is -2.33. The molecule has 0 spiro atoms. The second-order valence-corrected chi connectivity index (χ2v) is 4.99. The van der Waals surface area contributed by atoms with Crippen LogP contribution in [0.4, 0.5) is 0 Å². The van der Waals surface area contributed by atoms with Gasteiger partial charge in [-0.15, -0.1) is 0 Å². The zero-order chi connectivity index (χ0) is 13.1. The summed E-state index contributed by atoms with van der Waals surface area (Å²) in [6, 6.07) is 14.7. The Labute approximate surface area is 113 Å². The summed E-state index contributed by atoms with van der Waals surface area (Å²) in [5.74, 6) is 0. The lowest BCUT2D eigenvalue weighted by Gasteiger charge is -2.16. The van der Waals surface area contributed by atoms with Crippen LogP contribution < -0.4 is 5.32 Å². The molecule has 0 saturated carbocycles. The third kappa shape index (κ3) is 2.78. The van der Waals surface area contributed by atoms with Gasteiger partial charge in [0.25, 0.3) is 0 Å². The van der Waals surface area contributed by atoms with Crippen molar-refractivity contribution < 1.29 is 9.84 Å². The summed E-state index contributed by atoms with van der Waals surface area (Å²) in [5.41, 5.74) is 1.30. The minimum absolute atomic E-state index is 0.199. The van der Waals surface area contributed by atoms with Crippen molar-refractivity contribution in [1.29, 1.82) is 0 Å². The normalized spacial score (nSPS) is 23.0. The van der Waals surface area contributed by atoms with Crippen molar-refractivity contribution in [1.82, 2.24) is 5.32 Å². The molecular weight excluding hydrogens is 238 g/mol. The Morgan fingerprint density at radius 1 is 1.16 bits per heavy atom. The van der Waals surface area contributed by atoms with Gasteiger partial charge in [-0.3, -0.25) is 5.32 Å². The molecule has 1 aliphatic heterocycles. The summed E-state index contributed by atoms with van der Waals surface area (Å²) >= 11 is 0. The van der Waals surface area contributed by atoms with Gasteiger partial charge >= 0.3 is 0 Å². The Morgan fingerprint density at radius 3 is 2.84 bits per heavy atom. The van der Waals surface area contributed by atoms with Crippen LogP contribution in [0.15, 0.2) is 42.5 Å². The van der Waals surface area contributed by atoms with E-state index >= 15 is 0 Å². The number of aliphatic hydroxyl groups excluding tert-OH is 1. The summed E-state index contributed by atoms with van der Waals surface area (Å²) in [7, 11) is 0. The summed E-state index contributed by atoms with van der Waals surface area (Å²) in [6.07, 6.45) is 1.08. The molecule has 0 bridgehead atoms. The van der Waals surface area contributed by atoms with E-state index < -0.39 is 0 Å². The van der Waals surface area contributed by atoms with E-state index in [0.29, 0.717) is 6.61 Å². The second-order valence-electron chi connectivity index (χ2n) is 4.99. The number of fused-ring (bicyclic) bond motifs is 1. The first-order valence-corrected chi connectivity index (χ1v) is 6.84. The van der Waals surface area contributed by atoms with Crippen LogP contribution in [0, 0.1) is 0 Å². The van der Waals surface area contributed by atoms with Gasteiger partial charge in [0.15, 0.2) is 0 Å².